The molecule has 0 bridgehead atoms. The van der Waals surface area contributed by atoms with Gasteiger partial charge in [-0.3, -0.25) is 14.7 Å². The number of nitrogens with zero attached hydrogens (tertiary/aromatic N) is 3. The molecule has 0 aliphatic carbocycles. The lowest BCUT2D eigenvalue weighted by molar-refractivity contribution is 0.102. The van der Waals surface area contributed by atoms with Crippen molar-refractivity contribution in [2.75, 3.05) is 39.2 Å². The summed E-state index contributed by atoms with van der Waals surface area (Å²) >= 11 is 0. The molecule has 8 heteroatoms. The molecule has 4 aromatic rings. The van der Waals surface area contributed by atoms with Gasteiger partial charge in [0.2, 0.25) is 0 Å². The molecule has 2 heterocycles. The van der Waals surface area contributed by atoms with Crippen molar-refractivity contribution in [3.63, 3.8) is 0 Å². The van der Waals surface area contributed by atoms with Gasteiger partial charge in [-0.05, 0) is 72.5 Å². The number of amides is 1. The standard InChI is InChI=1S/C29H30N4O4/c1-35-27-16-20-12-14-33(19-21(20)17-28(27)36-2)13-5-15-37-23-10-8-22(9-11-23)31-29(34)26-18-30-24-6-3-4-7-25(24)32-26/h3-4,6-11,16-18H,5,12-15,19H2,1-2H3,(H,31,34). The number of nitrogens with one attached hydrogen (secondary N) is 1. The molecule has 0 atom stereocenters. The van der Waals surface area contributed by atoms with Crippen LogP contribution in [0.2, 0.25) is 0 Å². The SMILES string of the molecule is COc1cc2c(cc1OC)CN(CCCOc1ccc(NC(=O)c3cnc4ccccc4n3)cc1)CC2. The molecular weight excluding hydrogens is 468 g/mol. The highest BCUT2D eigenvalue weighted by atomic mass is 16.5. The van der Waals surface area contributed by atoms with Gasteiger partial charge in [-0.2, -0.15) is 0 Å². The van der Waals surface area contributed by atoms with Gasteiger partial charge in [-0.15, -0.1) is 0 Å². The number of fused-ring (bicyclic) bond motifs is 2. The minimum absolute atomic E-state index is 0.275. The van der Waals surface area contributed by atoms with Gasteiger partial charge in [-0.25, -0.2) is 4.98 Å². The summed E-state index contributed by atoms with van der Waals surface area (Å²) in [6.45, 7) is 3.48. The van der Waals surface area contributed by atoms with Crippen LogP contribution >= 0.6 is 0 Å². The van der Waals surface area contributed by atoms with Crippen molar-refractivity contribution in [3.05, 3.63) is 83.7 Å². The highest BCUT2D eigenvalue weighted by Crippen LogP contribution is 2.33. The number of hydrogen-bond donors (Lipinski definition) is 1. The Labute approximate surface area is 216 Å². The van der Waals surface area contributed by atoms with E-state index < -0.39 is 0 Å². The van der Waals surface area contributed by atoms with Gasteiger partial charge in [0.25, 0.3) is 5.91 Å². The van der Waals surface area contributed by atoms with E-state index in [2.05, 4.69) is 32.3 Å². The summed E-state index contributed by atoms with van der Waals surface area (Å²) in [4.78, 5) is 23.7. The number of anilines is 1. The zero-order valence-corrected chi connectivity index (χ0v) is 21.1. The lowest BCUT2D eigenvalue weighted by Crippen LogP contribution is -2.32. The second kappa shape index (κ2) is 11.3. The third kappa shape index (κ3) is 5.81. The first-order chi connectivity index (χ1) is 18.1. The molecule has 0 saturated heterocycles. The number of aromatic nitrogens is 2. The van der Waals surface area contributed by atoms with E-state index in [1.165, 1.54) is 17.3 Å². The van der Waals surface area contributed by atoms with Crippen molar-refractivity contribution < 1.29 is 19.0 Å². The van der Waals surface area contributed by atoms with Crippen molar-refractivity contribution in [1.29, 1.82) is 0 Å². The van der Waals surface area contributed by atoms with Gasteiger partial charge in [-0.1, -0.05) is 12.1 Å². The zero-order chi connectivity index (χ0) is 25.6. The monoisotopic (exact) mass is 498 g/mol. The molecule has 0 radical (unpaired) electrons. The van der Waals surface area contributed by atoms with Gasteiger partial charge in [0.1, 0.15) is 11.4 Å². The van der Waals surface area contributed by atoms with Crippen molar-refractivity contribution >= 4 is 22.6 Å². The second-order valence-electron chi connectivity index (χ2n) is 8.93. The summed E-state index contributed by atoms with van der Waals surface area (Å²) in [5.74, 6) is 2.03. The van der Waals surface area contributed by atoms with E-state index in [-0.39, 0.29) is 11.6 Å². The van der Waals surface area contributed by atoms with Gasteiger partial charge in [0.05, 0.1) is 38.1 Å². The average Bonchev–Trinajstić information content (AvgIpc) is 2.95. The van der Waals surface area contributed by atoms with Crippen LogP contribution < -0.4 is 19.5 Å². The molecule has 0 saturated carbocycles. The summed E-state index contributed by atoms with van der Waals surface area (Å²) in [6, 6.07) is 19.0. The van der Waals surface area contributed by atoms with E-state index in [1.54, 1.807) is 14.2 Å². The number of benzene rings is 3. The minimum Gasteiger partial charge on any atom is -0.494 e. The number of methoxy groups -OCH3 is 2. The minimum atomic E-state index is -0.300. The van der Waals surface area contributed by atoms with E-state index in [4.69, 9.17) is 14.2 Å². The lowest BCUT2D eigenvalue weighted by atomic mass is 9.98. The van der Waals surface area contributed by atoms with Crippen LogP contribution in [0, 0.1) is 0 Å². The Bertz CT molecular complexity index is 1390. The van der Waals surface area contributed by atoms with Crippen LogP contribution in [-0.2, 0) is 13.0 Å². The van der Waals surface area contributed by atoms with Crippen LogP contribution in [0.3, 0.4) is 0 Å². The summed E-state index contributed by atoms with van der Waals surface area (Å²) in [7, 11) is 3.34. The van der Waals surface area contributed by atoms with Crippen LogP contribution in [0.1, 0.15) is 28.0 Å². The maximum absolute atomic E-state index is 12.6. The van der Waals surface area contributed by atoms with E-state index in [1.807, 2.05) is 48.5 Å². The molecule has 0 fully saturated rings. The molecule has 3 aromatic carbocycles. The molecular formula is C29H30N4O4. The Morgan fingerprint density at radius 1 is 0.973 bits per heavy atom. The highest BCUT2D eigenvalue weighted by molar-refractivity contribution is 6.03. The first kappa shape index (κ1) is 24.5. The zero-order valence-electron chi connectivity index (χ0n) is 21.1. The second-order valence-corrected chi connectivity index (χ2v) is 8.93. The fourth-order valence-electron chi connectivity index (χ4n) is 4.51. The van der Waals surface area contributed by atoms with Crippen LogP contribution in [0.4, 0.5) is 5.69 Å². The van der Waals surface area contributed by atoms with Crippen LogP contribution in [0.5, 0.6) is 17.2 Å². The fraction of sp³-hybridized carbons (Fsp3) is 0.276. The molecule has 1 aromatic heterocycles. The fourth-order valence-corrected chi connectivity index (χ4v) is 4.51. The third-order valence-corrected chi connectivity index (χ3v) is 6.48. The molecule has 190 valence electrons. The van der Waals surface area contributed by atoms with Crippen molar-refractivity contribution in [3.8, 4) is 17.2 Å². The molecule has 5 rings (SSSR count). The van der Waals surface area contributed by atoms with Crippen LogP contribution in [-0.4, -0.2) is 54.7 Å². The summed E-state index contributed by atoms with van der Waals surface area (Å²) in [5, 5.41) is 2.86. The van der Waals surface area contributed by atoms with Crippen molar-refractivity contribution in [2.24, 2.45) is 0 Å². The Morgan fingerprint density at radius 2 is 1.70 bits per heavy atom. The summed E-state index contributed by atoms with van der Waals surface area (Å²) in [5.41, 5.74) is 5.00. The normalized spacial score (nSPS) is 13.1. The maximum atomic E-state index is 12.6. The van der Waals surface area contributed by atoms with E-state index >= 15 is 0 Å². The van der Waals surface area contributed by atoms with Crippen LogP contribution in [0.25, 0.3) is 11.0 Å². The number of carbonyl (C=O) groups is 1. The van der Waals surface area contributed by atoms with E-state index in [0.717, 1.165) is 55.2 Å². The number of rotatable bonds is 9. The quantitative estimate of drug-likeness (QED) is 0.334. The first-order valence-corrected chi connectivity index (χ1v) is 12.3. The Balaban J connectivity index is 1.08. The molecule has 8 nitrogen and oxygen atoms in total. The largest absolute Gasteiger partial charge is 0.494 e. The predicted molar refractivity (Wildman–Crippen MR) is 143 cm³/mol. The van der Waals surface area contributed by atoms with Crippen LogP contribution in [0.15, 0.2) is 66.9 Å². The summed E-state index contributed by atoms with van der Waals surface area (Å²) in [6.07, 6.45) is 3.40. The molecule has 37 heavy (non-hydrogen) atoms. The van der Waals surface area contributed by atoms with Gasteiger partial charge in [0.15, 0.2) is 11.5 Å². The number of hydrogen-bond acceptors (Lipinski definition) is 7. The number of para-hydroxylation sites is 2. The Hall–Kier alpha value is -4.17. The highest BCUT2D eigenvalue weighted by Gasteiger charge is 2.19. The predicted octanol–water partition coefficient (Wildman–Crippen LogP) is 4.73. The summed E-state index contributed by atoms with van der Waals surface area (Å²) < 4.78 is 16.8. The van der Waals surface area contributed by atoms with Gasteiger partial charge < -0.3 is 19.5 Å². The van der Waals surface area contributed by atoms with Gasteiger partial charge in [0, 0.05) is 25.3 Å². The smallest absolute Gasteiger partial charge is 0.275 e. The van der Waals surface area contributed by atoms with E-state index in [9.17, 15) is 4.79 Å². The molecule has 0 spiro atoms. The first-order valence-electron chi connectivity index (χ1n) is 12.3. The lowest BCUT2D eigenvalue weighted by Gasteiger charge is -2.29. The molecule has 1 amide bonds. The molecule has 1 aliphatic rings. The van der Waals surface area contributed by atoms with Crippen molar-refractivity contribution in [2.45, 2.75) is 19.4 Å². The molecule has 1 N–H and O–H groups in total. The number of carbonyl (C=O) groups excluding carboxylic acids is 1. The maximum Gasteiger partial charge on any atom is 0.275 e. The Morgan fingerprint density at radius 3 is 2.46 bits per heavy atom. The molecule has 0 unspecified atom stereocenters. The van der Waals surface area contributed by atoms with Crippen molar-refractivity contribution in [1.82, 2.24) is 14.9 Å². The Kier molecular flexibility index (Phi) is 7.46. The number of ether oxygens (including phenoxy) is 3. The topological polar surface area (TPSA) is 85.8 Å². The van der Waals surface area contributed by atoms with E-state index in [0.29, 0.717) is 17.8 Å². The average molecular weight is 499 g/mol. The molecule has 1 aliphatic heterocycles. The third-order valence-electron chi connectivity index (χ3n) is 6.48. The van der Waals surface area contributed by atoms with Gasteiger partial charge >= 0.3 is 0 Å².